The topological polar surface area (TPSA) is 102 Å². The summed E-state index contributed by atoms with van der Waals surface area (Å²) in [4.78, 5) is 23.3. The fraction of sp³-hybridized carbons (Fsp3) is 0.542. The molecule has 8 nitrogen and oxygen atoms in total. The van der Waals surface area contributed by atoms with Gasteiger partial charge in [-0.15, -0.1) is 5.10 Å². The summed E-state index contributed by atoms with van der Waals surface area (Å²) < 4.78 is 7.40. The summed E-state index contributed by atoms with van der Waals surface area (Å²) in [6.45, 7) is 3.78. The molecule has 1 saturated heterocycles. The lowest BCUT2D eigenvalue weighted by molar-refractivity contribution is 0.415. The zero-order valence-corrected chi connectivity index (χ0v) is 18.9. The highest BCUT2D eigenvalue weighted by Crippen LogP contribution is 2.35. The van der Waals surface area contributed by atoms with Crippen molar-refractivity contribution in [1.82, 2.24) is 19.6 Å². The van der Waals surface area contributed by atoms with Gasteiger partial charge in [-0.2, -0.15) is 0 Å². The first-order valence-electron chi connectivity index (χ1n) is 11.7. The number of benzene rings is 1. The van der Waals surface area contributed by atoms with Gasteiger partial charge in [-0.1, -0.05) is 19.3 Å². The maximum atomic E-state index is 13.2. The van der Waals surface area contributed by atoms with Gasteiger partial charge in [0.15, 0.2) is 11.3 Å². The number of nitrogens with zero attached hydrogens (tertiary/aromatic N) is 4. The molecule has 3 N–H and O–H groups in total. The molecule has 0 radical (unpaired) electrons. The third-order valence-electron chi connectivity index (χ3n) is 7.03. The Morgan fingerprint density at radius 2 is 1.88 bits per heavy atom. The lowest BCUT2D eigenvalue weighted by atomic mass is 9.87. The zero-order valence-electron chi connectivity index (χ0n) is 18.9. The Kier molecular flexibility index (Phi) is 5.63. The number of aromatic nitrogens is 4. The molecule has 1 aliphatic heterocycles. The Morgan fingerprint density at radius 1 is 1.12 bits per heavy atom. The van der Waals surface area contributed by atoms with Crippen molar-refractivity contribution in [3.05, 3.63) is 40.1 Å². The number of ether oxygens (including phenoxy) is 1. The van der Waals surface area contributed by atoms with Crippen LogP contribution in [0.2, 0.25) is 0 Å². The molecule has 3 heterocycles. The number of hydrogen-bond acceptors (Lipinski definition) is 6. The summed E-state index contributed by atoms with van der Waals surface area (Å²) in [5.41, 5.74) is 9.24. The Balaban J connectivity index is 1.53. The summed E-state index contributed by atoms with van der Waals surface area (Å²) in [6, 6.07) is 6.34. The second-order valence-electron chi connectivity index (χ2n) is 9.15. The quantitative estimate of drug-likeness (QED) is 0.650. The molecule has 5 rings (SSSR count). The molecular weight excluding hydrogens is 404 g/mol. The molecule has 8 heteroatoms. The number of nitrogens with two attached hydrogens (primary N) is 1. The van der Waals surface area contributed by atoms with Crippen molar-refractivity contribution >= 4 is 11.2 Å². The third-order valence-corrected chi connectivity index (χ3v) is 7.03. The number of methoxy groups -OCH3 is 1. The van der Waals surface area contributed by atoms with Gasteiger partial charge in [-0.3, -0.25) is 4.79 Å². The number of nitrogens with one attached hydrogen (secondary N) is 1. The molecule has 0 spiro atoms. The van der Waals surface area contributed by atoms with Gasteiger partial charge in [0, 0.05) is 36.8 Å². The van der Waals surface area contributed by atoms with Crippen molar-refractivity contribution in [2.24, 2.45) is 5.73 Å². The summed E-state index contributed by atoms with van der Waals surface area (Å²) in [6.07, 6.45) is 7.79. The molecular formula is C24H32N6O2. The number of fused-ring (bicyclic) bond motifs is 1. The molecule has 32 heavy (non-hydrogen) atoms. The van der Waals surface area contributed by atoms with Crippen LogP contribution in [-0.4, -0.2) is 45.8 Å². The standard InChI is InChI=1S/C24H32N6O2/c1-15-26-21(16-6-4-3-5-7-16)22-24(31)27-23(28-30(15)22)19-9-8-18(14-20(19)32-2)29-12-10-17(25)11-13-29/h8-9,14,16-17H,3-7,10-13,25H2,1-2H3,(H,27,28,31). The highest BCUT2D eigenvalue weighted by molar-refractivity contribution is 5.70. The van der Waals surface area contributed by atoms with Crippen LogP contribution < -0.4 is 20.9 Å². The summed E-state index contributed by atoms with van der Waals surface area (Å²) in [5.74, 6) is 2.26. The highest BCUT2D eigenvalue weighted by Gasteiger charge is 2.25. The van der Waals surface area contributed by atoms with Crippen LogP contribution in [0.4, 0.5) is 5.69 Å². The predicted molar refractivity (Wildman–Crippen MR) is 126 cm³/mol. The van der Waals surface area contributed by atoms with E-state index in [-0.39, 0.29) is 11.6 Å². The van der Waals surface area contributed by atoms with E-state index in [1.54, 1.807) is 11.6 Å². The molecule has 1 saturated carbocycles. The maximum Gasteiger partial charge on any atom is 0.277 e. The molecule has 2 aliphatic rings. The van der Waals surface area contributed by atoms with Gasteiger partial charge >= 0.3 is 0 Å². The molecule has 3 aromatic rings. The van der Waals surface area contributed by atoms with E-state index in [9.17, 15) is 4.79 Å². The number of imidazole rings is 1. The van der Waals surface area contributed by atoms with Crippen LogP contribution in [0, 0.1) is 6.92 Å². The van der Waals surface area contributed by atoms with Crippen molar-refractivity contribution < 1.29 is 4.74 Å². The van der Waals surface area contributed by atoms with Crippen molar-refractivity contribution in [3.8, 4) is 17.1 Å². The van der Waals surface area contributed by atoms with E-state index in [2.05, 4.69) is 16.0 Å². The van der Waals surface area contributed by atoms with Gasteiger partial charge in [-0.25, -0.2) is 9.50 Å². The van der Waals surface area contributed by atoms with Gasteiger partial charge in [0.1, 0.15) is 11.6 Å². The Bertz CT molecular complexity index is 1170. The Morgan fingerprint density at radius 3 is 2.59 bits per heavy atom. The summed E-state index contributed by atoms with van der Waals surface area (Å²) in [7, 11) is 1.65. The third kappa shape index (κ3) is 3.77. The predicted octanol–water partition coefficient (Wildman–Crippen LogP) is 3.38. The minimum absolute atomic E-state index is 0.146. The van der Waals surface area contributed by atoms with Crippen LogP contribution in [0.5, 0.6) is 5.75 Å². The van der Waals surface area contributed by atoms with Gasteiger partial charge < -0.3 is 20.4 Å². The van der Waals surface area contributed by atoms with Crippen LogP contribution in [0.3, 0.4) is 0 Å². The van der Waals surface area contributed by atoms with E-state index in [1.165, 1.54) is 19.3 Å². The maximum absolute atomic E-state index is 13.2. The van der Waals surface area contributed by atoms with E-state index < -0.39 is 0 Å². The largest absolute Gasteiger partial charge is 0.496 e. The molecule has 0 atom stereocenters. The first-order chi connectivity index (χ1) is 15.5. The van der Waals surface area contributed by atoms with Gasteiger partial charge in [0.05, 0.1) is 18.4 Å². The lowest BCUT2D eigenvalue weighted by Gasteiger charge is -2.32. The molecule has 1 aliphatic carbocycles. The van der Waals surface area contributed by atoms with E-state index in [1.807, 2.05) is 19.1 Å². The van der Waals surface area contributed by atoms with E-state index in [0.717, 1.165) is 61.5 Å². The number of aromatic amines is 1. The first-order valence-corrected chi connectivity index (χ1v) is 11.7. The number of aryl methyl sites for hydroxylation is 1. The molecule has 0 unspecified atom stereocenters. The monoisotopic (exact) mass is 436 g/mol. The zero-order chi connectivity index (χ0) is 22.2. The molecule has 1 aromatic carbocycles. The average Bonchev–Trinajstić information content (AvgIpc) is 3.16. The molecule has 2 aromatic heterocycles. The number of hydrogen-bond donors (Lipinski definition) is 2. The van der Waals surface area contributed by atoms with E-state index in [4.69, 9.17) is 20.6 Å². The van der Waals surface area contributed by atoms with Crippen molar-refractivity contribution in [2.75, 3.05) is 25.1 Å². The van der Waals surface area contributed by atoms with Crippen LogP contribution >= 0.6 is 0 Å². The van der Waals surface area contributed by atoms with E-state index >= 15 is 0 Å². The second kappa shape index (κ2) is 8.58. The van der Waals surface area contributed by atoms with Gasteiger partial charge in [0.2, 0.25) is 0 Å². The van der Waals surface area contributed by atoms with Crippen LogP contribution in [0.15, 0.2) is 23.0 Å². The Hall–Kier alpha value is -2.87. The van der Waals surface area contributed by atoms with Gasteiger partial charge in [-0.05, 0) is 44.7 Å². The van der Waals surface area contributed by atoms with Gasteiger partial charge in [0.25, 0.3) is 5.56 Å². The SMILES string of the molecule is COc1cc(N2CCC(N)CC2)ccc1-c1nn2c(C)nc(C3CCCCC3)c2c(=O)[nH]1. The van der Waals surface area contributed by atoms with E-state index in [0.29, 0.717) is 23.0 Å². The number of rotatable bonds is 4. The molecule has 170 valence electrons. The fourth-order valence-electron chi connectivity index (χ4n) is 5.18. The van der Waals surface area contributed by atoms with Crippen molar-refractivity contribution in [3.63, 3.8) is 0 Å². The first kappa shape index (κ1) is 21.0. The molecule has 0 amide bonds. The summed E-state index contributed by atoms with van der Waals surface area (Å²) >= 11 is 0. The lowest BCUT2D eigenvalue weighted by Crippen LogP contribution is -2.39. The smallest absolute Gasteiger partial charge is 0.277 e. The minimum Gasteiger partial charge on any atom is -0.496 e. The van der Waals surface area contributed by atoms with Crippen LogP contribution in [-0.2, 0) is 0 Å². The normalized spacial score (nSPS) is 18.4. The van der Waals surface area contributed by atoms with Crippen LogP contribution in [0.25, 0.3) is 16.9 Å². The molecule has 2 fully saturated rings. The Labute approximate surface area is 187 Å². The number of anilines is 1. The minimum atomic E-state index is -0.146. The van der Waals surface area contributed by atoms with Crippen molar-refractivity contribution in [2.45, 2.75) is 63.8 Å². The summed E-state index contributed by atoms with van der Waals surface area (Å²) in [5, 5.41) is 4.77. The molecule has 0 bridgehead atoms. The number of piperidine rings is 1. The highest BCUT2D eigenvalue weighted by atomic mass is 16.5. The second-order valence-corrected chi connectivity index (χ2v) is 9.15. The average molecular weight is 437 g/mol. The number of H-pyrrole nitrogens is 1. The van der Waals surface area contributed by atoms with Crippen LogP contribution in [0.1, 0.15) is 62.4 Å². The van der Waals surface area contributed by atoms with Crippen molar-refractivity contribution in [1.29, 1.82) is 0 Å². The fourth-order valence-corrected chi connectivity index (χ4v) is 5.18.